The average molecular weight is 285 g/mol. The van der Waals surface area contributed by atoms with Gasteiger partial charge in [-0.15, -0.1) is 0 Å². The molecule has 0 unspecified atom stereocenters. The Labute approximate surface area is 103 Å². The van der Waals surface area contributed by atoms with Crippen molar-refractivity contribution >= 4 is 28.0 Å². The van der Waals surface area contributed by atoms with Crippen molar-refractivity contribution in [1.82, 2.24) is 0 Å². The molecule has 0 bridgehead atoms. The molecule has 0 saturated heterocycles. The molecule has 16 heavy (non-hydrogen) atoms. The second kappa shape index (κ2) is 6.45. The van der Waals surface area contributed by atoms with Crippen LogP contribution in [0.4, 0.5) is 0 Å². The van der Waals surface area contributed by atoms with Crippen molar-refractivity contribution in [3.63, 3.8) is 0 Å². The number of halogens is 1. The third kappa shape index (κ3) is 4.16. The van der Waals surface area contributed by atoms with Crippen LogP contribution in [0.15, 0.2) is 34.8 Å². The van der Waals surface area contributed by atoms with Crippen LogP contribution in [0.5, 0.6) is 0 Å². The van der Waals surface area contributed by atoms with Gasteiger partial charge in [-0.2, -0.15) is 0 Å². The quantitative estimate of drug-likeness (QED) is 0.864. The molecule has 1 atom stereocenters. The van der Waals surface area contributed by atoms with Gasteiger partial charge in [0.25, 0.3) is 0 Å². The van der Waals surface area contributed by atoms with E-state index in [1.165, 1.54) is 7.11 Å². The maximum atomic E-state index is 10.9. The van der Waals surface area contributed by atoms with Gasteiger partial charge < -0.3 is 9.84 Å². The van der Waals surface area contributed by atoms with Crippen LogP contribution in [0.25, 0.3) is 6.08 Å². The fourth-order valence-corrected chi connectivity index (χ4v) is 1.57. The zero-order chi connectivity index (χ0) is 12.0. The second-order valence-corrected chi connectivity index (χ2v) is 4.15. The number of methoxy groups -OCH3 is 1. The van der Waals surface area contributed by atoms with Gasteiger partial charge >= 0.3 is 5.97 Å². The van der Waals surface area contributed by atoms with Crippen LogP contribution in [0, 0.1) is 0 Å². The molecule has 0 spiro atoms. The van der Waals surface area contributed by atoms with Crippen molar-refractivity contribution in [1.29, 1.82) is 0 Å². The standard InChI is InChI=1S/C12H13BrO3/c1-16-12(15)8-11(14)10(13)7-9-5-3-2-4-6-9/h2-7,11,14H,8H2,1H3/b10-7-/t11-/m1/s1. The highest BCUT2D eigenvalue weighted by atomic mass is 79.9. The third-order valence-corrected chi connectivity index (χ3v) is 2.77. The van der Waals surface area contributed by atoms with Gasteiger partial charge in [0.2, 0.25) is 0 Å². The molecule has 0 fully saturated rings. The molecular formula is C12H13BrO3. The number of aliphatic hydroxyl groups excluding tert-OH is 1. The Morgan fingerprint density at radius 2 is 2.12 bits per heavy atom. The average Bonchev–Trinajstić information content (AvgIpc) is 2.30. The Morgan fingerprint density at radius 3 is 2.69 bits per heavy atom. The molecule has 3 nitrogen and oxygen atoms in total. The van der Waals surface area contributed by atoms with E-state index in [1.807, 2.05) is 30.3 Å². The molecule has 1 rings (SSSR count). The van der Waals surface area contributed by atoms with Gasteiger partial charge in [-0.05, 0) is 11.6 Å². The Hall–Kier alpha value is -1.13. The number of hydrogen-bond donors (Lipinski definition) is 1. The van der Waals surface area contributed by atoms with E-state index in [0.29, 0.717) is 4.48 Å². The van der Waals surface area contributed by atoms with Gasteiger partial charge in [-0.25, -0.2) is 0 Å². The van der Waals surface area contributed by atoms with Crippen LogP contribution in [0.3, 0.4) is 0 Å². The number of ether oxygens (including phenoxy) is 1. The minimum atomic E-state index is -0.868. The van der Waals surface area contributed by atoms with Crippen molar-refractivity contribution in [2.24, 2.45) is 0 Å². The van der Waals surface area contributed by atoms with E-state index in [4.69, 9.17) is 0 Å². The first kappa shape index (κ1) is 12.9. The predicted octanol–water partition coefficient (Wildman–Crippen LogP) is 2.35. The molecule has 0 aliphatic rings. The topological polar surface area (TPSA) is 46.5 Å². The Kier molecular flexibility index (Phi) is 5.22. The molecule has 0 aliphatic carbocycles. The minimum absolute atomic E-state index is 0.0551. The lowest BCUT2D eigenvalue weighted by molar-refractivity contribution is -0.142. The number of rotatable bonds is 4. The number of benzene rings is 1. The fraction of sp³-hybridized carbons (Fsp3) is 0.250. The van der Waals surface area contributed by atoms with Crippen molar-refractivity contribution < 1.29 is 14.6 Å². The van der Waals surface area contributed by atoms with Crippen molar-refractivity contribution in [2.75, 3.05) is 7.11 Å². The van der Waals surface area contributed by atoms with Crippen LogP contribution in [-0.4, -0.2) is 24.3 Å². The first-order valence-corrected chi connectivity index (χ1v) is 5.60. The lowest BCUT2D eigenvalue weighted by atomic mass is 10.1. The van der Waals surface area contributed by atoms with Crippen LogP contribution in [0.1, 0.15) is 12.0 Å². The third-order valence-electron chi connectivity index (χ3n) is 2.01. The van der Waals surface area contributed by atoms with Crippen molar-refractivity contribution in [2.45, 2.75) is 12.5 Å². The SMILES string of the molecule is COC(=O)C[C@@H](O)/C(Br)=C/c1ccccc1. The summed E-state index contributed by atoms with van der Waals surface area (Å²) in [5.41, 5.74) is 0.957. The first-order valence-electron chi connectivity index (χ1n) is 4.80. The summed E-state index contributed by atoms with van der Waals surface area (Å²) in [4.78, 5) is 10.9. The smallest absolute Gasteiger partial charge is 0.308 e. The van der Waals surface area contributed by atoms with Crippen LogP contribution in [-0.2, 0) is 9.53 Å². The van der Waals surface area contributed by atoms with Crippen LogP contribution < -0.4 is 0 Å². The van der Waals surface area contributed by atoms with Crippen molar-refractivity contribution in [3.8, 4) is 0 Å². The highest BCUT2D eigenvalue weighted by Crippen LogP contribution is 2.18. The zero-order valence-electron chi connectivity index (χ0n) is 8.89. The summed E-state index contributed by atoms with van der Waals surface area (Å²) in [6.07, 6.45) is 0.848. The second-order valence-electron chi connectivity index (χ2n) is 3.24. The lowest BCUT2D eigenvalue weighted by Crippen LogP contribution is -2.14. The highest BCUT2D eigenvalue weighted by Gasteiger charge is 2.13. The number of esters is 1. The number of hydrogen-bond acceptors (Lipinski definition) is 3. The molecule has 0 heterocycles. The van der Waals surface area contributed by atoms with Gasteiger partial charge in [-0.1, -0.05) is 46.3 Å². The Bertz CT molecular complexity index is 373. The fourth-order valence-electron chi connectivity index (χ4n) is 1.14. The largest absolute Gasteiger partial charge is 0.469 e. The first-order chi connectivity index (χ1) is 7.63. The summed E-state index contributed by atoms with van der Waals surface area (Å²) in [6, 6.07) is 9.53. The summed E-state index contributed by atoms with van der Waals surface area (Å²) < 4.78 is 5.03. The van der Waals surface area contributed by atoms with Gasteiger partial charge in [0.15, 0.2) is 0 Å². The van der Waals surface area contributed by atoms with Gasteiger partial charge in [0, 0.05) is 4.48 Å². The summed E-state index contributed by atoms with van der Waals surface area (Å²) in [7, 11) is 1.30. The zero-order valence-corrected chi connectivity index (χ0v) is 10.5. The predicted molar refractivity (Wildman–Crippen MR) is 66.0 cm³/mol. The van der Waals surface area contributed by atoms with Crippen LogP contribution in [0.2, 0.25) is 0 Å². The number of carbonyl (C=O) groups is 1. The molecule has 0 aromatic heterocycles. The van der Waals surface area contributed by atoms with E-state index in [9.17, 15) is 9.90 Å². The molecular weight excluding hydrogens is 272 g/mol. The van der Waals surface area contributed by atoms with Crippen LogP contribution >= 0.6 is 15.9 Å². The summed E-state index contributed by atoms with van der Waals surface area (Å²) in [6.45, 7) is 0. The number of carbonyl (C=O) groups excluding carboxylic acids is 1. The molecule has 4 heteroatoms. The summed E-state index contributed by atoms with van der Waals surface area (Å²) in [5, 5.41) is 9.66. The van der Waals surface area contributed by atoms with Crippen molar-refractivity contribution in [3.05, 3.63) is 40.4 Å². The molecule has 0 amide bonds. The lowest BCUT2D eigenvalue weighted by Gasteiger charge is -2.08. The Balaban J connectivity index is 2.66. The van der Waals surface area contributed by atoms with E-state index >= 15 is 0 Å². The molecule has 1 N–H and O–H groups in total. The normalized spacial score (nSPS) is 13.3. The molecule has 0 saturated carbocycles. The highest BCUT2D eigenvalue weighted by molar-refractivity contribution is 9.11. The van der Waals surface area contributed by atoms with Gasteiger partial charge in [0.1, 0.15) is 0 Å². The maximum Gasteiger partial charge on any atom is 0.308 e. The Morgan fingerprint density at radius 1 is 1.50 bits per heavy atom. The monoisotopic (exact) mass is 284 g/mol. The van der Waals surface area contributed by atoms with E-state index in [-0.39, 0.29) is 6.42 Å². The maximum absolute atomic E-state index is 10.9. The van der Waals surface area contributed by atoms with Gasteiger partial charge in [-0.3, -0.25) is 4.79 Å². The van der Waals surface area contributed by atoms with E-state index in [1.54, 1.807) is 6.08 Å². The van der Waals surface area contributed by atoms with E-state index in [0.717, 1.165) is 5.56 Å². The summed E-state index contributed by atoms with van der Waals surface area (Å²) in [5.74, 6) is -0.439. The van der Waals surface area contributed by atoms with Gasteiger partial charge in [0.05, 0.1) is 19.6 Å². The summed E-state index contributed by atoms with van der Waals surface area (Å²) >= 11 is 3.24. The molecule has 1 aromatic rings. The molecule has 0 aliphatic heterocycles. The molecule has 0 radical (unpaired) electrons. The van der Waals surface area contributed by atoms with E-state index < -0.39 is 12.1 Å². The molecule has 86 valence electrons. The minimum Gasteiger partial charge on any atom is -0.469 e. The number of aliphatic hydroxyl groups is 1. The van der Waals surface area contributed by atoms with E-state index in [2.05, 4.69) is 20.7 Å². The molecule has 1 aromatic carbocycles.